The van der Waals surface area contributed by atoms with Gasteiger partial charge in [0.2, 0.25) is 5.13 Å². The monoisotopic (exact) mass is 315 g/mol. The molecule has 6 heteroatoms. The number of hydrogen-bond acceptors (Lipinski definition) is 4. The number of benzene rings is 1. The third-order valence-corrected chi connectivity index (χ3v) is 3.56. The standard InChI is InChI=1S/C11H11BrFN3S/c1-6(14-11-16-15-7(2)17-11)9-4-3-8(12)5-10(9)13/h3-6H,1-2H3,(H,14,16). The van der Waals surface area contributed by atoms with Gasteiger partial charge in [-0.15, -0.1) is 10.2 Å². The van der Waals surface area contributed by atoms with Crippen molar-refractivity contribution >= 4 is 32.4 Å². The van der Waals surface area contributed by atoms with Gasteiger partial charge in [-0.3, -0.25) is 0 Å². The lowest BCUT2D eigenvalue weighted by Crippen LogP contribution is -2.08. The van der Waals surface area contributed by atoms with Crippen molar-refractivity contribution in [2.45, 2.75) is 19.9 Å². The van der Waals surface area contributed by atoms with Crippen molar-refractivity contribution in [3.8, 4) is 0 Å². The minimum Gasteiger partial charge on any atom is -0.353 e. The maximum Gasteiger partial charge on any atom is 0.206 e. The summed E-state index contributed by atoms with van der Waals surface area (Å²) in [6, 6.07) is 4.89. The molecular formula is C11H11BrFN3S. The molecule has 90 valence electrons. The Morgan fingerprint density at radius 3 is 2.76 bits per heavy atom. The molecule has 0 amide bonds. The molecule has 1 heterocycles. The summed E-state index contributed by atoms with van der Waals surface area (Å²) in [5.41, 5.74) is 0.612. The van der Waals surface area contributed by atoms with E-state index in [1.165, 1.54) is 17.4 Å². The molecule has 1 aromatic heterocycles. The second-order valence-electron chi connectivity index (χ2n) is 3.66. The average Bonchev–Trinajstić information content (AvgIpc) is 2.63. The predicted octanol–water partition coefficient (Wildman–Crippen LogP) is 3.92. The molecule has 2 rings (SSSR count). The number of rotatable bonds is 3. The maximum absolute atomic E-state index is 13.7. The van der Waals surface area contributed by atoms with Crippen LogP contribution >= 0.6 is 27.3 Å². The van der Waals surface area contributed by atoms with Crippen LogP contribution in [0.15, 0.2) is 22.7 Å². The van der Waals surface area contributed by atoms with E-state index in [-0.39, 0.29) is 11.9 Å². The number of halogens is 2. The first-order valence-electron chi connectivity index (χ1n) is 5.08. The molecule has 0 saturated carbocycles. The van der Waals surface area contributed by atoms with Gasteiger partial charge in [0.15, 0.2) is 0 Å². The molecule has 0 aliphatic rings. The third-order valence-electron chi connectivity index (χ3n) is 2.30. The summed E-state index contributed by atoms with van der Waals surface area (Å²) in [6.45, 7) is 3.77. The summed E-state index contributed by atoms with van der Waals surface area (Å²) in [6.07, 6.45) is 0. The van der Waals surface area contributed by atoms with Gasteiger partial charge in [-0.25, -0.2) is 4.39 Å². The van der Waals surface area contributed by atoms with Crippen molar-refractivity contribution in [2.75, 3.05) is 5.32 Å². The molecule has 0 saturated heterocycles. The van der Waals surface area contributed by atoms with Gasteiger partial charge in [-0.2, -0.15) is 0 Å². The van der Waals surface area contributed by atoms with Crippen molar-refractivity contribution in [3.63, 3.8) is 0 Å². The summed E-state index contributed by atoms with van der Waals surface area (Å²) < 4.78 is 14.4. The second kappa shape index (κ2) is 5.10. The number of nitrogens with one attached hydrogen (secondary N) is 1. The van der Waals surface area contributed by atoms with Gasteiger partial charge < -0.3 is 5.32 Å². The first kappa shape index (κ1) is 12.4. The highest BCUT2D eigenvalue weighted by molar-refractivity contribution is 9.10. The number of hydrogen-bond donors (Lipinski definition) is 1. The van der Waals surface area contributed by atoms with E-state index in [4.69, 9.17) is 0 Å². The molecule has 0 bridgehead atoms. The van der Waals surface area contributed by atoms with Crippen LogP contribution in [0, 0.1) is 12.7 Å². The minimum absolute atomic E-state index is 0.143. The van der Waals surface area contributed by atoms with Crippen LogP contribution in [-0.4, -0.2) is 10.2 Å². The molecule has 0 spiro atoms. The van der Waals surface area contributed by atoms with Crippen LogP contribution in [-0.2, 0) is 0 Å². The number of aryl methyl sites for hydroxylation is 1. The smallest absolute Gasteiger partial charge is 0.206 e. The second-order valence-corrected chi connectivity index (χ2v) is 5.76. The molecule has 1 N–H and O–H groups in total. The van der Waals surface area contributed by atoms with Gasteiger partial charge in [0.1, 0.15) is 10.8 Å². The van der Waals surface area contributed by atoms with Gasteiger partial charge in [-0.05, 0) is 26.0 Å². The summed E-state index contributed by atoms with van der Waals surface area (Å²) in [4.78, 5) is 0. The predicted molar refractivity (Wildman–Crippen MR) is 70.8 cm³/mol. The van der Waals surface area contributed by atoms with Crippen molar-refractivity contribution in [1.82, 2.24) is 10.2 Å². The summed E-state index contributed by atoms with van der Waals surface area (Å²) in [5.74, 6) is -0.236. The van der Waals surface area contributed by atoms with Gasteiger partial charge in [-0.1, -0.05) is 33.3 Å². The van der Waals surface area contributed by atoms with E-state index in [0.717, 1.165) is 9.48 Å². The largest absolute Gasteiger partial charge is 0.353 e. The third kappa shape index (κ3) is 3.01. The molecule has 2 aromatic rings. The first-order valence-corrected chi connectivity index (χ1v) is 6.69. The zero-order valence-electron chi connectivity index (χ0n) is 9.37. The van der Waals surface area contributed by atoms with E-state index in [2.05, 4.69) is 31.4 Å². The lowest BCUT2D eigenvalue weighted by molar-refractivity contribution is 0.599. The highest BCUT2D eigenvalue weighted by Crippen LogP contribution is 2.25. The van der Waals surface area contributed by atoms with Gasteiger partial charge in [0.05, 0.1) is 6.04 Å². The molecule has 17 heavy (non-hydrogen) atoms. The molecule has 0 fully saturated rings. The fourth-order valence-electron chi connectivity index (χ4n) is 1.47. The number of nitrogens with zero attached hydrogens (tertiary/aromatic N) is 2. The summed E-state index contributed by atoms with van der Waals surface area (Å²) in [5, 5.41) is 12.6. The Kier molecular flexibility index (Phi) is 3.73. The summed E-state index contributed by atoms with van der Waals surface area (Å²) in [7, 11) is 0. The van der Waals surface area contributed by atoms with Crippen molar-refractivity contribution in [2.24, 2.45) is 0 Å². The molecule has 0 radical (unpaired) electrons. The van der Waals surface area contributed by atoms with E-state index in [1.54, 1.807) is 6.07 Å². The van der Waals surface area contributed by atoms with Crippen molar-refractivity contribution < 1.29 is 4.39 Å². The van der Waals surface area contributed by atoms with E-state index in [1.807, 2.05) is 19.9 Å². The first-order chi connectivity index (χ1) is 8.06. The molecule has 0 aliphatic heterocycles. The van der Waals surface area contributed by atoms with Crippen LogP contribution in [0.1, 0.15) is 23.5 Å². The Labute approximate surface area is 111 Å². The van der Waals surface area contributed by atoms with Gasteiger partial charge >= 0.3 is 0 Å². The molecular weight excluding hydrogens is 305 g/mol. The Bertz CT molecular complexity index is 529. The topological polar surface area (TPSA) is 37.8 Å². The molecule has 0 aliphatic carbocycles. The zero-order chi connectivity index (χ0) is 12.4. The van der Waals surface area contributed by atoms with Gasteiger partial charge in [0.25, 0.3) is 0 Å². The fourth-order valence-corrected chi connectivity index (χ4v) is 2.48. The highest BCUT2D eigenvalue weighted by Gasteiger charge is 2.12. The van der Waals surface area contributed by atoms with Crippen LogP contribution in [0.2, 0.25) is 0 Å². The van der Waals surface area contributed by atoms with Crippen molar-refractivity contribution in [3.05, 3.63) is 39.1 Å². The lowest BCUT2D eigenvalue weighted by Gasteiger charge is -2.13. The van der Waals surface area contributed by atoms with Crippen LogP contribution in [0.3, 0.4) is 0 Å². The zero-order valence-corrected chi connectivity index (χ0v) is 11.8. The molecule has 1 aromatic carbocycles. The SMILES string of the molecule is Cc1nnc(NC(C)c2ccc(Br)cc2F)s1. The molecule has 1 atom stereocenters. The Morgan fingerprint density at radius 1 is 1.41 bits per heavy atom. The van der Waals surface area contributed by atoms with Crippen LogP contribution in [0.25, 0.3) is 0 Å². The molecule has 3 nitrogen and oxygen atoms in total. The van der Waals surface area contributed by atoms with E-state index in [9.17, 15) is 4.39 Å². The summed E-state index contributed by atoms with van der Waals surface area (Å²) >= 11 is 4.69. The van der Waals surface area contributed by atoms with E-state index in [0.29, 0.717) is 10.7 Å². The number of anilines is 1. The Hall–Kier alpha value is -1.01. The van der Waals surface area contributed by atoms with Crippen molar-refractivity contribution in [1.29, 1.82) is 0 Å². The minimum atomic E-state index is -0.236. The normalized spacial score (nSPS) is 12.5. The Balaban J connectivity index is 2.17. The van der Waals surface area contributed by atoms with E-state index < -0.39 is 0 Å². The van der Waals surface area contributed by atoms with Crippen LogP contribution in [0.5, 0.6) is 0 Å². The quantitative estimate of drug-likeness (QED) is 0.932. The van der Waals surface area contributed by atoms with E-state index >= 15 is 0 Å². The average molecular weight is 316 g/mol. The molecule has 1 unspecified atom stereocenters. The van der Waals surface area contributed by atoms with Crippen LogP contribution < -0.4 is 5.32 Å². The highest BCUT2D eigenvalue weighted by atomic mass is 79.9. The van der Waals surface area contributed by atoms with Crippen LogP contribution in [0.4, 0.5) is 9.52 Å². The van der Waals surface area contributed by atoms with Gasteiger partial charge in [0, 0.05) is 10.0 Å². The lowest BCUT2D eigenvalue weighted by atomic mass is 10.1. The maximum atomic E-state index is 13.7. The fraction of sp³-hybridized carbons (Fsp3) is 0.273. The number of aromatic nitrogens is 2. The Morgan fingerprint density at radius 2 is 2.18 bits per heavy atom.